The lowest BCUT2D eigenvalue weighted by molar-refractivity contribution is -0.139. The Hall–Kier alpha value is -1.45. The summed E-state index contributed by atoms with van der Waals surface area (Å²) in [7, 11) is -3.53. The van der Waals surface area contributed by atoms with Gasteiger partial charge in [-0.15, -0.1) is 11.3 Å². The lowest BCUT2D eigenvalue weighted by Crippen LogP contribution is -2.47. The third-order valence-electron chi connectivity index (χ3n) is 3.90. The van der Waals surface area contributed by atoms with Gasteiger partial charge in [0.25, 0.3) is 10.0 Å². The van der Waals surface area contributed by atoms with Gasteiger partial charge in [-0.2, -0.15) is 4.31 Å². The van der Waals surface area contributed by atoms with Gasteiger partial charge >= 0.3 is 11.8 Å². The highest BCUT2D eigenvalue weighted by Crippen LogP contribution is 2.28. The molecule has 2 rings (SSSR count). The number of thiophene rings is 1. The maximum atomic E-state index is 12.6. The SMILES string of the molecule is CCCCNC(=O)C(=O)NCC1CCCN1S(=O)(=O)c1cccs1. The van der Waals surface area contributed by atoms with Gasteiger partial charge in [0.15, 0.2) is 0 Å². The third kappa shape index (κ3) is 4.55. The average Bonchev–Trinajstić information content (AvgIpc) is 3.24. The van der Waals surface area contributed by atoms with E-state index in [4.69, 9.17) is 0 Å². The van der Waals surface area contributed by atoms with Crippen LogP contribution >= 0.6 is 11.3 Å². The van der Waals surface area contributed by atoms with Crippen molar-refractivity contribution in [2.45, 2.75) is 42.9 Å². The Morgan fingerprint density at radius 1 is 1.33 bits per heavy atom. The van der Waals surface area contributed by atoms with Gasteiger partial charge < -0.3 is 10.6 Å². The van der Waals surface area contributed by atoms with E-state index in [0.29, 0.717) is 23.7 Å². The van der Waals surface area contributed by atoms with Crippen LogP contribution in [0.15, 0.2) is 21.7 Å². The van der Waals surface area contributed by atoms with Gasteiger partial charge in [0, 0.05) is 25.7 Å². The van der Waals surface area contributed by atoms with E-state index in [9.17, 15) is 18.0 Å². The molecule has 1 aromatic heterocycles. The summed E-state index contributed by atoms with van der Waals surface area (Å²) in [6, 6.07) is 2.96. The zero-order valence-corrected chi connectivity index (χ0v) is 15.3. The number of nitrogens with zero attached hydrogens (tertiary/aromatic N) is 1. The zero-order chi connectivity index (χ0) is 17.6. The Kier molecular flexibility index (Phi) is 6.76. The van der Waals surface area contributed by atoms with Gasteiger partial charge in [0.1, 0.15) is 4.21 Å². The molecular weight excluding hydrogens is 350 g/mol. The standard InChI is InChI=1S/C15H23N3O4S2/c1-2-3-8-16-14(19)15(20)17-11-12-6-4-9-18(12)24(21,22)13-7-5-10-23-13/h5,7,10,12H,2-4,6,8-9,11H2,1H3,(H,16,19)(H,17,20). The number of hydrogen-bond acceptors (Lipinski definition) is 5. The minimum Gasteiger partial charge on any atom is -0.348 e. The van der Waals surface area contributed by atoms with E-state index in [1.54, 1.807) is 17.5 Å². The highest BCUT2D eigenvalue weighted by atomic mass is 32.2. The first-order chi connectivity index (χ1) is 11.5. The Morgan fingerprint density at radius 2 is 2.08 bits per heavy atom. The van der Waals surface area contributed by atoms with Gasteiger partial charge in [-0.25, -0.2) is 8.42 Å². The molecule has 0 saturated carbocycles. The molecule has 1 aromatic rings. The molecule has 9 heteroatoms. The molecule has 2 heterocycles. The van der Waals surface area contributed by atoms with Crippen LogP contribution in [-0.2, 0) is 19.6 Å². The minimum atomic E-state index is -3.53. The number of unbranched alkanes of at least 4 members (excludes halogenated alkanes) is 1. The largest absolute Gasteiger partial charge is 0.348 e. The predicted molar refractivity (Wildman–Crippen MR) is 92.2 cm³/mol. The molecule has 1 aliphatic heterocycles. The van der Waals surface area contributed by atoms with Crippen LogP contribution in [0.25, 0.3) is 0 Å². The molecule has 0 aromatic carbocycles. The van der Waals surface area contributed by atoms with Crippen molar-refractivity contribution >= 4 is 33.2 Å². The van der Waals surface area contributed by atoms with Crippen molar-refractivity contribution in [1.29, 1.82) is 0 Å². The number of carbonyl (C=O) groups excluding carboxylic acids is 2. The van der Waals surface area contributed by atoms with Crippen LogP contribution < -0.4 is 10.6 Å². The molecule has 1 saturated heterocycles. The van der Waals surface area contributed by atoms with Crippen LogP contribution in [0.3, 0.4) is 0 Å². The third-order valence-corrected chi connectivity index (χ3v) is 7.23. The molecule has 0 spiro atoms. The molecular formula is C15H23N3O4S2. The fourth-order valence-electron chi connectivity index (χ4n) is 2.61. The molecule has 1 fully saturated rings. The normalized spacial score (nSPS) is 18.5. The summed E-state index contributed by atoms with van der Waals surface area (Å²) in [6.45, 7) is 3.04. The zero-order valence-electron chi connectivity index (χ0n) is 13.7. The second kappa shape index (κ2) is 8.59. The topological polar surface area (TPSA) is 95.6 Å². The second-order valence-electron chi connectivity index (χ2n) is 5.66. The van der Waals surface area contributed by atoms with Crippen molar-refractivity contribution in [3.63, 3.8) is 0 Å². The summed E-state index contributed by atoms with van der Waals surface area (Å²) in [5.74, 6) is -1.39. The van der Waals surface area contributed by atoms with Crippen LogP contribution in [0.1, 0.15) is 32.6 Å². The highest BCUT2D eigenvalue weighted by molar-refractivity contribution is 7.91. The molecule has 1 aliphatic rings. The lowest BCUT2D eigenvalue weighted by Gasteiger charge is -2.23. The van der Waals surface area contributed by atoms with E-state index < -0.39 is 21.8 Å². The van der Waals surface area contributed by atoms with Gasteiger partial charge in [0.05, 0.1) is 0 Å². The Labute approximate surface area is 146 Å². The quantitative estimate of drug-likeness (QED) is 0.549. The maximum Gasteiger partial charge on any atom is 0.309 e. The van der Waals surface area contributed by atoms with E-state index in [0.717, 1.165) is 19.3 Å². The summed E-state index contributed by atoms with van der Waals surface area (Å²) in [5.41, 5.74) is 0. The average molecular weight is 374 g/mol. The summed E-state index contributed by atoms with van der Waals surface area (Å²) in [5, 5.41) is 6.81. The molecule has 2 N–H and O–H groups in total. The number of sulfonamides is 1. The summed E-state index contributed by atoms with van der Waals surface area (Å²) >= 11 is 1.18. The van der Waals surface area contributed by atoms with E-state index in [-0.39, 0.29) is 12.6 Å². The first kappa shape index (κ1) is 18.9. The number of rotatable bonds is 7. The molecule has 2 amide bonds. The van der Waals surface area contributed by atoms with Crippen molar-refractivity contribution in [3.05, 3.63) is 17.5 Å². The van der Waals surface area contributed by atoms with Crippen LogP contribution in [0.4, 0.5) is 0 Å². The maximum absolute atomic E-state index is 12.6. The predicted octanol–water partition coefficient (Wildman–Crippen LogP) is 0.934. The van der Waals surface area contributed by atoms with Crippen molar-refractivity contribution in [3.8, 4) is 0 Å². The van der Waals surface area contributed by atoms with Crippen LogP contribution in [0.2, 0.25) is 0 Å². The van der Waals surface area contributed by atoms with Crippen LogP contribution in [0.5, 0.6) is 0 Å². The first-order valence-corrected chi connectivity index (χ1v) is 10.4. The monoisotopic (exact) mass is 373 g/mol. The van der Waals surface area contributed by atoms with Crippen molar-refractivity contribution in [1.82, 2.24) is 14.9 Å². The fourth-order valence-corrected chi connectivity index (χ4v) is 5.42. The molecule has 0 aliphatic carbocycles. The molecule has 0 radical (unpaired) electrons. The molecule has 7 nitrogen and oxygen atoms in total. The van der Waals surface area contributed by atoms with E-state index in [1.807, 2.05) is 6.92 Å². The Morgan fingerprint density at radius 3 is 2.75 bits per heavy atom. The van der Waals surface area contributed by atoms with Crippen LogP contribution in [0, 0.1) is 0 Å². The fraction of sp³-hybridized carbons (Fsp3) is 0.600. The van der Waals surface area contributed by atoms with E-state index in [2.05, 4.69) is 10.6 Å². The summed E-state index contributed by atoms with van der Waals surface area (Å²) in [4.78, 5) is 23.4. The summed E-state index contributed by atoms with van der Waals surface area (Å²) in [6.07, 6.45) is 3.16. The highest BCUT2D eigenvalue weighted by Gasteiger charge is 2.36. The number of amides is 2. The smallest absolute Gasteiger partial charge is 0.309 e. The lowest BCUT2D eigenvalue weighted by atomic mass is 10.2. The van der Waals surface area contributed by atoms with Crippen molar-refractivity contribution in [2.75, 3.05) is 19.6 Å². The van der Waals surface area contributed by atoms with Crippen molar-refractivity contribution in [2.24, 2.45) is 0 Å². The van der Waals surface area contributed by atoms with Gasteiger partial charge in [-0.3, -0.25) is 9.59 Å². The summed E-state index contributed by atoms with van der Waals surface area (Å²) < 4.78 is 26.9. The number of hydrogen-bond donors (Lipinski definition) is 2. The van der Waals surface area contributed by atoms with Crippen LogP contribution in [-0.4, -0.2) is 50.2 Å². The van der Waals surface area contributed by atoms with Gasteiger partial charge in [-0.1, -0.05) is 19.4 Å². The Bertz CT molecular complexity index is 658. The Balaban J connectivity index is 1.90. The first-order valence-electron chi connectivity index (χ1n) is 8.08. The molecule has 1 unspecified atom stereocenters. The second-order valence-corrected chi connectivity index (χ2v) is 8.73. The van der Waals surface area contributed by atoms with E-state index >= 15 is 0 Å². The van der Waals surface area contributed by atoms with E-state index in [1.165, 1.54) is 15.6 Å². The van der Waals surface area contributed by atoms with Crippen molar-refractivity contribution < 1.29 is 18.0 Å². The molecule has 24 heavy (non-hydrogen) atoms. The van der Waals surface area contributed by atoms with Gasteiger partial charge in [0.2, 0.25) is 0 Å². The molecule has 134 valence electrons. The minimum absolute atomic E-state index is 0.143. The number of carbonyl (C=O) groups is 2. The van der Waals surface area contributed by atoms with Gasteiger partial charge in [-0.05, 0) is 30.7 Å². The number of nitrogens with one attached hydrogen (secondary N) is 2. The molecule has 0 bridgehead atoms. The molecule has 1 atom stereocenters.